The molecule has 0 heterocycles. The second kappa shape index (κ2) is 24.7. The van der Waals surface area contributed by atoms with Crippen LogP contribution in [0.15, 0.2) is 182 Å². The standard InChI is InChI=1S/2C16H13.C12H10Si.2C4H9.Ti/c2*1-12-10-14-8-5-9-15(16(14)11-12)13-6-3-2-4-7-13;1-3-7-11(8-4-1)13-12-9-5-2-6-10-12;2*1-3-4-2;/h2*2-11H,1H3;1-10H;2*1,3-4H2,2H3;/q2*-1;;2*-1;+4. The molecule has 0 amide bonds. The third-order valence-corrected chi connectivity index (χ3v) is 9.75. The van der Waals surface area contributed by atoms with Crippen LogP contribution in [0.25, 0.3) is 43.8 Å². The van der Waals surface area contributed by atoms with Crippen molar-refractivity contribution < 1.29 is 21.7 Å². The van der Waals surface area contributed by atoms with Gasteiger partial charge in [-0.3, -0.25) is 0 Å². The second-order valence-corrected chi connectivity index (χ2v) is 14.4. The molecule has 8 rings (SSSR count). The summed E-state index contributed by atoms with van der Waals surface area (Å²) in [5.74, 6) is 0. The maximum absolute atomic E-state index is 3.60. The van der Waals surface area contributed by atoms with E-state index in [0.29, 0.717) is 0 Å². The quantitative estimate of drug-likeness (QED) is 0.117. The van der Waals surface area contributed by atoms with E-state index in [-0.39, 0.29) is 21.7 Å². The minimum atomic E-state index is 0. The van der Waals surface area contributed by atoms with Crippen LogP contribution in [-0.2, 0) is 21.7 Å². The maximum atomic E-state index is 3.60. The largest absolute Gasteiger partial charge is 4.00 e. The van der Waals surface area contributed by atoms with Crippen molar-refractivity contribution in [3.63, 3.8) is 0 Å². The van der Waals surface area contributed by atoms with E-state index in [0.717, 1.165) is 22.4 Å². The molecule has 0 aromatic heterocycles. The summed E-state index contributed by atoms with van der Waals surface area (Å²) in [6.45, 7) is 15.7. The Morgan fingerprint density at radius 3 is 1.07 bits per heavy atom. The Bertz CT molecular complexity index is 1980. The molecule has 0 saturated carbocycles. The fraction of sp³-hybridized carbons (Fsp3) is 0.154. The SMILES string of the molecule is Cc1cc2c(-c3ccccc3)cccc2[cH-]1.Cc1cc2c(-c3ccccc3)cccc2[cH-]1.[CH2-]CCC.[CH2-]CCC.[Ti+4].c1ccc([Si]c2ccccc2)cc1. The van der Waals surface area contributed by atoms with Crippen molar-refractivity contribution in [2.24, 2.45) is 0 Å². The van der Waals surface area contributed by atoms with E-state index in [9.17, 15) is 0 Å². The van der Waals surface area contributed by atoms with Crippen molar-refractivity contribution in [3.05, 3.63) is 207 Å². The molecule has 0 saturated heterocycles. The average molecular weight is 755 g/mol. The van der Waals surface area contributed by atoms with Crippen LogP contribution in [-0.4, -0.2) is 9.52 Å². The Labute approximate surface area is 343 Å². The van der Waals surface area contributed by atoms with Crippen molar-refractivity contribution in [1.29, 1.82) is 0 Å². The number of aryl methyl sites for hydroxylation is 2. The molecular formula is C52H54SiTi. The first-order valence-corrected chi connectivity index (χ1v) is 19.9. The average Bonchev–Trinajstić information content (AvgIpc) is 3.80. The van der Waals surface area contributed by atoms with Gasteiger partial charge in [-0.05, 0) is 11.1 Å². The molecule has 0 aliphatic carbocycles. The van der Waals surface area contributed by atoms with Crippen LogP contribution >= 0.6 is 0 Å². The molecule has 0 unspecified atom stereocenters. The van der Waals surface area contributed by atoms with Gasteiger partial charge in [0.2, 0.25) is 0 Å². The Morgan fingerprint density at radius 2 is 0.759 bits per heavy atom. The molecule has 0 atom stereocenters. The third kappa shape index (κ3) is 14.0. The molecule has 0 aliphatic heterocycles. The molecule has 2 heteroatoms. The van der Waals surface area contributed by atoms with Crippen LogP contribution in [0.4, 0.5) is 0 Å². The van der Waals surface area contributed by atoms with E-state index in [4.69, 9.17) is 0 Å². The van der Waals surface area contributed by atoms with Gasteiger partial charge in [-0.15, -0.1) is 69.1 Å². The number of rotatable bonds is 6. The minimum absolute atomic E-state index is 0. The van der Waals surface area contributed by atoms with Gasteiger partial charge in [-0.25, -0.2) is 0 Å². The van der Waals surface area contributed by atoms with E-state index in [1.807, 2.05) is 0 Å². The topological polar surface area (TPSA) is 0 Å². The summed E-state index contributed by atoms with van der Waals surface area (Å²) in [6, 6.07) is 64.3. The van der Waals surface area contributed by atoms with Gasteiger partial charge in [-0.1, -0.05) is 195 Å². The maximum Gasteiger partial charge on any atom is 4.00 e. The first-order chi connectivity index (χ1) is 26.0. The number of benzene rings is 6. The molecule has 54 heavy (non-hydrogen) atoms. The summed E-state index contributed by atoms with van der Waals surface area (Å²) in [4.78, 5) is 0. The van der Waals surface area contributed by atoms with E-state index in [2.05, 4.69) is 224 Å². The first kappa shape index (κ1) is 43.9. The third-order valence-electron chi connectivity index (χ3n) is 8.50. The van der Waals surface area contributed by atoms with Crippen molar-refractivity contribution in [2.75, 3.05) is 0 Å². The Hall–Kier alpha value is -4.53. The molecule has 2 radical (unpaired) electrons. The molecule has 0 nitrogen and oxygen atoms in total. The number of unbranched alkanes of at least 4 members (excludes halogenated alkanes) is 2. The van der Waals surface area contributed by atoms with Gasteiger partial charge >= 0.3 is 21.7 Å². The predicted molar refractivity (Wildman–Crippen MR) is 238 cm³/mol. The number of hydrogen-bond donors (Lipinski definition) is 0. The van der Waals surface area contributed by atoms with Crippen LogP contribution < -0.4 is 10.4 Å². The van der Waals surface area contributed by atoms with Gasteiger partial charge in [0.05, 0.1) is 0 Å². The fourth-order valence-corrected chi connectivity index (χ4v) is 6.77. The molecular weight excluding hydrogens is 701 g/mol. The van der Waals surface area contributed by atoms with Crippen LogP contribution in [0.2, 0.25) is 0 Å². The summed E-state index contributed by atoms with van der Waals surface area (Å²) >= 11 is 0. The summed E-state index contributed by atoms with van der Waals surface area (Å²) < 4.78 is 0. The zero-order chi connectivity index (χ0) is 37.7. The van der Waals surface area contributed by atoms with Crippen LogP contribution in [0.1, 0.15) is 50.7 Å². The van der Waals surface area contributed by atoms with Crippen molar-refractivity contribution in [2.45, 2.75) is 53.4 Å². The number of fused-ring (bicyclic) bond motifs is 2. The summed E-state index contributed by atoms with van der Waals surface area (Å²) in [5, 5.41) is 8.16. The molecule has 0 aliphatic rings. The van der Waals surface area contributed by atoms with E-state index in [1.165, 1.54) is 78.1 Å². The monoisotopic (exact) mass is 754 g/mol. The number of hydrogen-bond acceptors (Lipinski definition) is 0. The molecule has 0 fully saturated rings. The van der Waals surface area contributed by atoms with E-state index in [1.54, 1.807) is 0 Å². The Kier molecular flexibility index (Phi) is 20.1. The van der Waals surface area contributed by atoms with Gasteiger partial charge in [-0.2, -0.15) is 25.0 Å². The van der Waals surface area contributed by atoms with Crippen LogP contribution in [0, 0.1) is 27.7 Å². The van der Waals surface area contributed by atoms with E-state index >= 15 is 0 Å². The fourth-order valence-electron chi connectivity index (χ4n) is 5.72. The molecule has 270 valence electrons. The summed E-state index contributed by atoms with van der Waals surface area (Å²) in [6.07, 6.45) is 4.56. The first-order valence-electron chi connectivity index (χ1n) is 18.9. The Morgan fingerprint density at radius 1 is 0.444 bits per heavy atom. The normalized spacial score (nSPS) is 9.89. The predicted octanol–water partition coefficient (Wildman–Crippen LogP) is 13.6. The van der Waals surface area contributed by atoms with E-state index < -0.39 is 0 Å². The molecule has 8 aromatic rings. The van der Waals surface area contributed by atoms with Crippen molar-refractivity contribution in [3.8, 4) is 22.3 Å². The second-order valence-electron chi connectivity index (χ2n) is 13.0. The van der Waals surface area contributed by atoms with Gasteiger partial charge in [0, 0.05) is 0 Å². The van der Waals surface area contributed by atoms with Crippen molar-refractivity contribution >= 4 is 41.4 Å². The smallest absolute Gasteiger partial charge is 0.343 e. The zero-order valence-corrected chi connectivity index (χ0v) is 35.1. The van der Waals surface area contributed by atoms with Gasteiger partial charge in [0.1, 0.15) is 9.52 Å². The molecule has 0 N–H and O–H groups in total. The van der Waals surface area contributed by atoms with Crippen molar-refractivity contribution in [1.82, 2.24) is 0 Å². The summed E-state index contributed by atoms with van der Waals surface area (Å²) in [5.41, 5.74) is 7.89. The summed E-state index contributed by atoms with van der Waals surface area (Å²) in [7, 11) is 0.777. The molecule has 8 aromatic carbocycles. The van der Waals surface area contributed by atoms with Gasteiger partial charge < -0.3 is 13.8 Å². The zero-order valence-electron chi connectivity index (χ0n) is 32.6. The molecule has 0 spiro atoms. The van der Waals surface area contributed by atoms with Gasteiger partial charge in [0.25, 0.3) is 0 Å². The minimum Gasteiger partial charge on any atom is -0.343 e. The van der Waals surface area contributed by atoms with Gasteiger partial charge in [0.15, 0.2) is 0 Å². The van der Waals surface area contributed by atoms with Crippen LogP contribution in [0.5, 0.6) is 0 Å². The Balaban J connectivity index is 0.000000197. The molecule has 0 bridgehead atoms. The van der Waals surface area contributed by atoms with Crippen LogP contribution in [0.3, 0.4) is 0 Å².